The van der Waals surface area contributed by atoms with Crippen LogP contribution in [0.3, 0.4) is 0 Å². The fraction of sp³-hybridized carbons (Fsp3) is 0.238. The molecule has 27 heavy (non-hydrogen) atoms. The zero-order valence-electron chi connectivity index (χ0n) is 15.7. The van der Waals surface area contributed by atoms with Crippen LogP contribution >= 0.6 is 0 Å². The van der Waals surface area contributed by atoms with Gasteiger partial charge in [0.1, 0.15) is 5.70 Å². The lowest BCUT2D eigenvalue weighted by Crippen LogP contribution is -2.33. The molecule has 2 N–H and O–H groups in total. The maximum Gasteiger partial charge on any atom is 0.267 e. The number of amides is 2. The molecule has 6 heteroatoms. The Hall–Kier alpha value is -3.28. The molecule has 2 aromatic carbocycles. The summed E-state index contributed by atoms with van der Waals surface area (Å²) in [5.74, 6) is 0.456. The van der Waals surface area contributed by atoms with Gasteiger partial charge in [0, 0.05) is 12.6 Å². The molecule has 0 bridgehead atoms. The van der Waals surface area contributed by atoms with Crippen LogP contribution in [0.25, 0.3) is 6.08 Å². The van der Waals surface area contributed by atoms with E-state index in [1.54, 1.807) is 48.5 Å². The summed E-state index contributed by atoms with van der Waals surface area (Å²) < 4.78 is 11.2. The monoisotopic (exact) mass is 368 g/mol. The standard InChI is InChI=1S/C21H24N2O4/c1-4-26-18-12-11-15(14-19(18)27-5-2)13-17(21(25)22-3)23-20(24)16-9-7-6-8-10-16/h6-14H,4-5H2,1-3H3,(H,22,25)(H,23,24). The minimum Gasteiger partial charge on any atom is -0.490 e. The summed E-state index contributed by atoms with van der Waals surface area (Å²) in [6.45, 7) is 4.78. The maximum absolute atomic E-state index is 12.4. The Balaban J connectivity index is 2.33. The van der Waals surface area contributed by atoms with E-state index >= 15 is 0 Å². The van der Waals surface area contributed by atoms with Crippen LogP contribution < -0.4 is 20.1 Å². The largest absolute Gasteiger partial charge is 0.490 e. The Morgan fingerprint density at radius 3 is 2.26 bits per heavy atom. The number of rotatable bonds is 8. The van der Waals surface area contributed by atoms with Crippen LogP contribution in [0.5, 0.6) is 11.5 Å². The number of benzene rings is 2. The molecule has 0 aromatic heterocycles. The first kappa shape index (κ1) is 20.0. The van der Waals surface area contributed by atoms with Gasteiger partial charge in [0.15, 0.2) is 11.5 Å². The molecule has 0 atom stereocenters. The first-order chi connectivity index (χ1) is 13.1. The molecule has 0 aliphatic heterocycles. The van der Waals surface area contributed by atoms with E-state index in [2.05, 4.69) is 10.6 Å². The number of likely N-dealkylation sites (N-methyl/N-ethyl adjacent to an activating group) is 1. The molecule has 6 nitrogen and oxygen atoms in total. The minimum absolute atomic E-state index is 0.137. The number of carbonyl (C=O) groups excluding carboxylic acids is 2. The number of hydrogen-bond acceptors (Lipinski definition) is 4. The molecule has 2 amide bonds. The van der Waals surface area contributed by atoms with Crippen molar-refractivity contribution in [3.63, 3.8) is 0 Å². The van der Waals surface area contributed by atoms with E-state index in [1.165, 1.54) is 7.05 Å². The van der Waals surface area contributed by atoms with Crippen molar-refractivity contribution < 1.29 is 19.1 Å². The molecular weight excluding hydrogens is 344 g/mol. The highest BCUT2D eigenvalue weighted by atomic mass is 16.5. The topological polar surface area (TPSA) is 76.7 Å². The van der Waals surface area contributed by atoms with Crippen LogP contribution in [0.2, 0.25) is 0 Å². The molecule has 2 rings (SSSR count). The molecule has 0 spiro atoms. The van der Waals surface area contributed by atoms with Crippen LogP contribution in [-0.4, -0.2) is 32.1 Å². The van der Waals surface area contributed by atoms with Gasteiger partial charge >= 0.3 is 0 Å². The van der Waals surface area contributed by atoms with Gasteiger partial charge in [0.25, 0.3) is 11.8 Å². The van der Waals surface area contributed by atoms with Crippen molar-refractivity contribution in [1.29, 1.82) is 0 Å². The molecule has 0 radical (unpaired) electrons. The number of hydrogen-bond donors (Lipinski definition) is 2. The van der Waals surface area contributed by atoms with Crippen LogP contribution in [0.1, 0.15) is 29.8 Å². The molecule has 0 aliphatic carbocycles. The third-order valence-corrected chi connectivity index (χ3v) is 3.63. The lowest BCUT2D eigenvalue weighted by Gasteiger charge is -2.12. The van der Waals surface area contributed by atoms with Gasteiger partial charge in [-0.2, -0.15) is 0 Å². The van der Waals surface area contributed by atoms with E-state index in [4.69, 9.17) is 9.47 Å². The summed E-state index contributed by atoms with van der Waals surface area (Å²) in [6, 6.07) is 14.1. The van der Waals surface area contributed by atoms with Crippen molar-refractivity contribution in [2.24, 2.45) is 0 Å². The van der Waals surface area contributed by atoms with E-state index < -0.39 is 5.91 Å². The first-order valence-corrected chi connectivity index (χ1v) is 8.78. The van der Waals surface area contributed by atoms with E-state index in [0.29, 0.717) is 35.8 Å². The number of ether oxygens (including phenoxy) is 2. The van der Waals surface area contributed by atoms with Crippen molar-refractivity contribution in [1.82, 2.24) is 10.6 Å². The average Bonchev–Trinajstić information content (AvgIpc) is 2.69. The summed E-state index contributed by atoms with van der Waals surface area (Å²) in [5.41, 5.74) is 1.31. The highest BCUT2D eigenvalue weighted by molar-refractivity contribution is 6.05. The Morgan fingerprint density at radius 1 is 0.963 bits per heavy atom. The molecule has 0 saturated carbocycles. The minimum atomic E-state index is -0.397. The van der Waals surface area contributed by atoms with E-state index in [-0.39, 0.29) is 11.6 Å². The second-order valence-electron chi connectivity index (χ2n) is 5.53. The van der Waals surface area contributed by atoms with Crippen molar-refractivity contribution in [2.75, 3.05) is 20.3 Å². The van der Waals surface area contributed by atoms with Crippen molar-refractivity contribution >= 4 is 17.9 Å². The highest BCUT2D eigenvalue weighted by Crippen LogP contribution is 2.29. The fourth-order valence-electron chi connectivity index (χ4n) is 2.40. The van der Waals surface area contributed by atoms with Crippen molar-refractivity contribution in [3.05, 3.63) is 65.4 Å². The summed E-state index contributed by atoms with van der Waals surface area (Å²) in [7, 11) is 1.51. The third-order valence-electron chi connectivity index (χ3n) is 3.63. The van der Waals surface area contributed by atoms with Gasteiger partial charge in [0.05, 0.1) is 13.2 Å². The number of carbonyl (C=O) groups is 2. The number of nitrogens with one attached hydrogen (secondary N) is 2. The molecule has 0 fully saturated rings. The lowest BCUT2D eigenvalue weighted by atomic mass is 10.1. The molecule has 142 valence electrons. The molecule has 2 aromatic rings. The Kier molecular flexibility index (Phi) is 7.43. The van der Waals surface area contributed by atoms with Gasteiger partial charge in [-0.1, -0.05) is 24.3 Å². The zero-order chi connectivity index (χ0) is 19.6. The predicted molar refractivity (Wildman–Crippen MR) is 105 cm³/mol. The highest BCUT2D eigenvalue weighted by Gasteiger charge is 2.14. The van der Waals surface area contributed by atoms with E-state index in [9.17, 15) is 9.59 Å². The van der Waals surface area contributed by atoms with Gasteiger partial charge in [-0.05, 0) is 49.8 Å². The summed E-state index contributed by atoms with van der Waals surface area (Å²) in [6.07, 6.45) is 1.60. The zero-order valence-corrected chi connectivity index (χ0v) is 15.7. The molecule has 0 saturated heterocycles. The lowest BCUT2D eigenvalue weighted by molar-refractivity contribution is -0.117. The molecule has 0 unspecified atom stereocenters. The second kappa shape index (κ2) is 10.0. The van der Waals surface area contributed by atoms with Crippen LogP contribution in [0.15, 0.2) is 54.2 Å². The Labute approximate surface area is 159 Å². The smallest absolute Gasteiger partial charge is 0.267 e. The molecular formula is C21H24N2O4. The van der Waals surface area contributed by atoms with Gasteiger partial charge < -0.3 is 20.1 Å². The van der Waals surface area contributed by atoms with Crippen LogP contribution in [-0.2, 0) is 4.79 Å². The third kappa shape index (κ3) is 5.60. The van der Waals surface area contributed by atoms with Gasteiger partial charge in [-0.25, -0.2) is 0 Å². The maximum atomic E-state index is 12.4. The van der Waals surface area contributed by atoms with E-state index in [0.717, 1.165) is 0 Å². The van der Waals surface area contributed by atoms with Crippen molar-refractivity contribution in [3.8, 4) is 11.5 Å². The molecule has 0 heterocycles. The van der Waals surface area contributed by atoms with Crippen molar-refractivity contribution in [2.45, 2.75) is 13.8 Å². The van der Waals surface area contributed by atoms with Gasteiger partial charge in [0.2, 0.25) is 0 Å². The summed E-state index contributed by atoms with van der Waals surface area (Å²) in [4.78, 5) is 24.6. The predicted octanol–water partition coefficient (Wildman–Crippen LogP) is 3.00. The Morgan fingerprint density at radius 2 is 1.63 bits per heavy atom. The van der Waals surface area contributed by atoms with E-state index in [1.807, 2.05) is 19.9 Å². The fourth-order valence-corrected chi connectivity index (χ4v) is 2.40. The summed E-state index contributed by atoms with van der Waals surface area (Å²) >= 11 is 0. The first-order valence-electron chi connectivity index (χ1n) is 8.78. The normalized spacial score (nSPS) is 10.9. The summed E-state index contributed by atoms with van der Waals surface area (Å²) in [5, 5.41) is 5.20. The van der Waals surface area contributed by atoms with Gasteiger partial charge in [-0.3, -0.25) is 9.59 Å². The van der Waals surface area contributed by atoms with Crippen LogP contribution in [0, 0.1) is 0 Å². The quantitative estimate of drug-likeness (QED) is 0.702. The van der Waals surface area contributed by atoms with Crippen LogP contribution in [0.4, 0.5) is 0 Å². The van der Waals surface area contributed by atoms with Gasteiger partial charge in [-0.15, -0.1) is 0 Å². The molecule has 0 aliphatic rings. The second-order valence-corrected chi connectivity index (χ2v) is 5.53. The Bertz CT molecular complexity index is 816. The average molecular weight is 368 g/mol. The SMILES string of the molecule is CCOc1ccc(C=C(NC(=O)c2ccccc2)C(=O)NC)cc1OCC.